The lowest BCUT2D eigenvalue weighted by Crippen LogP contribution is -2.27. The maximum atomic E-state index is 11.4. The Morgan fingerprint density at radius 3 is 2.65 bits per heavy atom. The Morgan fingerprint density at radius 1 is 1.40 bits per heavy atom. The van der Waals surface area contributed by atoms with Crippen molar-refractivity contribution in [3.8, 4) is 5.75 Å². The summed E-state index contributed by atoms with van der Waals surface area (Å²) in [6.45, 7) is 6.07. The van der Waals surface area contributed by atoms with Crippen LogP contribution < -0.4 is 10.1 Å². The van der Waals surface area contributed by atoms with Crippen LogP contribution in [0.5, 0.6) is 5.75 Å². The zero-order valence-corrected chi connectivity index (χ0v) is 13.3. The molecule has 0 unspecified atom stereocenters. The Morgan fingerprint density at radius 2 is 2.10 bits per heavy atom. The fourth-order valence-electron chi connectivity index (χ4n) is 1.55. The van der Waals surface area contributed by atoms with Crippen LogP contribution in [0.3, 0.4) is 0 Å². The Kier molecular flexibility index (Phi) is 6.82. The van der Waals surface area contributed by atoms with Gasteiger partial charge in [-0.1, -0.05) is 31.5 Å². The smallest absolute Gasteiger partial charge is 0.259 e. The summed E-state index contributed by atoms with van der Waals surface area (Å²) in [6.07, 6.45) is 0. The maximum absolute atomic E-state index is 11.4. The maximum Gasteiger partial charge on any atom is 0.259 e. The SMILES string of the molecule is CC(C)CNCc1ccc(OCC(=O)N(C)C)c(Cl)c1. The van der Waals surface area contributed by atoms with Crippen LogP contribution in [0.4, 0.5) is 0 Å². The fourth-order valence-corrected chi connectivity index (χ4v) is 1.80. The van der Waals surface area contributed by atoms with Gasteiger partial charge >= 0.3 is 0 Å². The molecular formula is C15H23ClN2O2. The fraction of sp³-hybridized carbons (Fsp3) is 0.533. The van der Waals surface area contributed by atoms with Crippen LogP contribution in [-0.4, -0.2) is 38.1 Å². The van der Waals surface area contributed by atoms with Gasteiger partial charge in [0.2, 0.25) is 0 Å². The largest absolute Gasteiger partial charge is 0.482 e. The molecule has 0 aliphatic heterocycles. The van der Waals surface area contributed by atoms with Gasteiger partial charge in [-0.2, -0.15) is 0 Å². The van der Waals surface area contributed by atoms with Crippen LogP contribution in [0.1, 0.15) is 19.4 Å². The van der Waals surface area contributed by atoms with E-state index in [0.717, 1.165) is 18.7 Å². The second kappa shape index (κ2) is 8.12. The van der Waals surface area contributed by atoms with Crippen LogP contribution in [0.2, 0.25) is 5.02 Å². The van der Waals surface area contributed by atoms with Gasteiger partial charge < -0.3 is 15.0 Å². The molecular weight excluding hydrogens is 276 g/mol. The number of benzene rings is 1. The molecule has 0 aliphatic carbocycles. The van der Waals surface area contributed by atoms with Gasteiger partial charge in [0.15, 0.2) is 6.61 Å². The highest BCUT2D eigenvalue weighted by Crippen LogP contribution is 2.25. The molecule has 112 valence electrons. The number of halogens is 1. The van der Waals surface area contributed by atoms with E-state index in [9.17, 15) is 4.79 Å². The normalized spacial score (nSPS) is 10.7. The van der Waals surface area contributed by atoms with E-state index in [0.29, 0.717) is 16.7 Å². The lowest BCUT2D eigenvalue weighted by Gasteiger charge is -2.13. The quantitative estimate of drug-likeness (QED) is 0.841. The summed E-state index contributed by atoms with van der Waals surface area (Å²) in [7, 11) is 3.38. The zero-order chi connectivity index (χ0) is 15.1. The highest BCUT2D eigenvalue weighted by atomic mass is 35.5. The first-order chi connectivity index (χ1) is 9.40. The number of nitrogens with zero attached hydrogens (tertiary/aromatic N) is 1. The number of nitrogens with one attached hydrogen (secondary N) is 1. The minimum Gasteiger partial charge on any atom is -0.482 e. The van der Waals surface area contributed by atoms with Gasteiger partial charge in [-0.15, -0.1) is 0 Å². The van der Waals surface area contributed by atoms with Crippen molar-refractivity contribution in [2.75, 3.05) is 27.2 Å². The van der Waals surface area contributed by atoms with Gasteiger partial charge in [0.05, 0.1) is 5.02 Å². The lowest BCUT2D eigenvalue weighted by molar-refractivity contribution is -0.130. The van der Waals surface area contributed by atoms with Crippen molar-refractivity contribution in [3.05, 3.63) is 28.8 Å². The van der Waals surface area contributed by atoms with Crippen LogP contribution >= 0.6 is 11.6 Å². The molecule has 4 nitrogen and oxygen atoms in total. The van der Waals surface area contributed by atoms with Crippen molar-refractivity contribution in [3.63, 3.8) is 0 Å². The molecule has 1 amide bonds. The molecule has 0 saturated carbocycles. The summed E-state index contributed by atoms with van der Waals surface area (Å²) >= 11 is 6.16. The van der Waals surface area contributed by atoms with E-state index in [1.807, 2.05) is 12.1 Å². The summed E-state index contributed by atoms with van der Waals surface area (Å²) in [4.78, 5) is 12.9. The van der Waals surface area contributed by atoms with Gasteiger partial charge in [-0.3, -0.25) is 4.79 Å². The molecule has 0 atom stereocenters. The summed E-state index contributed by atoms with van der Waals surface area (Å²) < 4.78 is 5.41. The van der Waals surface area contributed by atoms with Gasteiger partial charge in [-0.05, 0) is 30.2 Å². The molecule has 0 fully saturated rings. The third-order valence-electron chi connectivity index (χ3n) is 2.73. The lowest BCUT2D eigenvalue weighted by atomic mass is 10.2. The summed E-state index contributed by atoms with van der Waals surface area (Å²) in [6, 6.07) is 5.62. The summed E-state index contributed by atoms with van der Waals surface area (Å²) in [5.74, 6) is 1.06. The molecule has 0 aromatic heterocycles. The van der Waals surface area contributed by atoms with E-state index in [-0.39, 0.29) is 12.5 Å². The molecule has 5 heteroatoms. The number of carbonyl (C=O) groups is 1. The second-order valence-electron chi connectivity index (χ2n) is 5.37. The molecule has 0 bridgehead atoms. The molecule has 0 saturated heterocycles. The van der Waals surface area contributed by atoms with E-state index in [1.54, 1.807) is 20.2 Å². The van der Waals surface area contributed by atoms with E-state index in [1.165, 1.54) is 4.90 Å². The Balaban J connectivity index is 2.53. The minimum absolute atomic E-state index is 0.00232. The van der Waals surface area contributed by atoms with Crippen molar-refractivity contribution in [1.82, 2.24) is 10.2 Å². The number of carbonyl (C=O) groups excluding carboxylic acids is 1. The highest BCUT2D eigenvalue weighted by molar-refractivity contribution is 6.32. The molecule has 0 aliphatic rings. The molecule has 0 heterocycles. The first-order valence-corrected chi connectivity index (χ1v) is 7.10. The average molecular weight is 299 g/mol. The summed E-state index contributed by atoms with van der Waals surface area (Å²) in [5.41, 5.74) is 1.10. The average Bonchev–Trinajstić information content (AvgIpc) is 2.36. The first-order valence-electron chi connectivity index (χ1n) is 6.72. The topological polar surface area (TPSA) is 41.6 Å². The molecule has 1 N–H and O–H groups in total. The monoisotopic (exact) mass is 298 g/mol. The van der Waals surface area contributed by atoms with Crippen LogP contribution in [0, 0.1) is 5.92 Å². The van der Waals surface area contributed by atoms with Gasteiger partial charge in [-0.25, -0.2) is 0 Å². The van der Waals surface area contributed by atoms with Gasteiger partial charge in [0.1, 0.15) is 5.75 Å². The molecule has 1 rings (SSSR count). The molecule has 0 spiro atoms. The van der Waals surface area contributed by atoms with Crippen molar-refractivity contribution < 1.29 is 9.53 Å². The second-order valence-corrected chi connectivity index (χ2v) is 5.77. The summed E-state index contributed by atoms with van der Waals surface area (Å²) in [5, 5.41) is 3.88. The number of rotatable bonds is 7. The molecule has 20 heavy (non-hydrogen) atoms. The molecule has 1 aromatic carbocycles. The Bertz CT molecular complexity index is 447. The van der Waals surface area contributed by atoms with E-state index in [2.05, 4.69) is 19.2 Å². The van der Waals surface area contributed by atoms with Crippen molar-refractivity contribution in [1.29, 1.82) is 0 Å². The third-order valence-corrected chi connectivity index (χ3v) is 3.02. The Hall–Kier alpha value is -1.26. The predicted octanol–water partition coefficient (Wildman–Crippen LogP) is 2.55. The van der Waals surface area contributed by atoms with Gasteiger partial charge in [0, 0.05) is 20.6 Å². The van der Waals surface area contributed by atoms with E-state index >= 15 is 0 Å². The minimum atomic E-state index is -0.0938. The number of hydrogen-bond donors (Lipinski definition) is 1. The van der Waals surface area contributed by atoms with E-state index < -0.39 is 0 Å². The number of amides is 1. The molecule has 1 aromatic rings. The van der Waals surface area contributed by atoms with Crippen molar-refractivity contribution in [2.45, 2.75) is 20.4 Å². The Labute approximate surface area is 126 Å². The first kappa shape index (κ1) is 16.8. The number of hydrogen-bond acceptors (Lipinski definition) is 3. The predicted molar refractivity (Wildman–Crippen MR) is 82.2 cm³/mol. The van der Waals surface area contributed by atoms with Crippen molar-refractivity contribution in [2.24, 2.45) is 5.92 Å². The molecule has 0 radical (unpaired) electrons. The number of ether oxygens (including phenoxy) is 1. The van der Waals surface area contributed by atoms with Crippen LogP contribution in [0.15, 0.2) is 18.2 Å². The van der Waals surface area contributed by atoms with E-state index in [4.69, 9.17) is 16.3 Å². The highest BCUT2D eigenvalue weighted by Gasteiger charge is 2.08. The van der Waals surface area contributed by atoms with Crippen LogP contribution in [-0.2, 0) is 11.3 Å². The number of likely N-dealkylation sites (N-methyl/N-ethyl adjacent to an activating group) is 1. The third kappa shape index (κ3) is 5.80. The van der Waals surface area contributed by atoms with Crippen molar-refractivity contribution >= 4 is 17.5 Å². The standard InChI is InChI=1S/C15H23ClN2O2/c1-11(2)8-17-9-12-5-6-14(13(16)7-12)20-10-15(19)18(3)4/h5-7,11,17H,8-10H2,1-4H3. The van der Waals surface area contributed by atoms with Gasteiger partial charge in [0.25, 0.3) is 5.91 Å². The van der Waals surface area contributed by atoms with Crippen LogP contribution in [0.25, 0.3) is 0 Å². The zero-order valence-electron chi connectivity index (χ0n) is 12.6.